The Morgan fingerprint density at radius 1 is 1.11 bits per heavy atom. The van der Waals surface area contributed by atoms with Gasteiger partial charge in [-0.25, -0.2) is 13.1 Å². The summed E-state index contributed by atoms with van der Waals surface area (Å²) < 4.78 is 29.4. The summed E-state index contributed by atoms with van der Waals surface area (Å²) in [5.41, 5.74) is 4.00. The van der Waals surface area contributed by atoms with Gasteiger partial charge in [-0.3, -0.25) is 9.52 Å². The second-order valence-corrected chi connectivity index (χ2v) is 8.28. The Morgan fingerprint density at radius 3 is 2.43 bits per heavy atom. The Kier molecular flexibility index (Phi) is 5.24. The van der Waals surface area contributed by atoms with Crippen LogP contribution in [-0.2, 0) is 21.2 Å². The number of carbonyl (C=O) groups is 1. The molecule has 8 heteroatoms. The van der Waals surface area contributed by atoms with E-state index >= 15 is 0 Å². The number of hydrogen-bond acceptors (Lipinski definition) is 4. The first-order chi connectivity index (χ1) is 13.2. The Morgan fingerprint density at radius 2 is 1.79 bits per heavy atom. The summed E-state index contributed by atoms with van der Waals surface area (Å²) in [5, 5.41) is 13.5. The Labute approximate surface area is 163 Å². The number of aliphatic carboxylic acids is 1. The Hall–Kier alpha value is -3.13. The molecule has 0 spiro atoms. The Balaban J connectivity index is 1.93. The average molecular weight is 399 g/mol. The van der Waals surface area contributed by atoms with Crippen LogP contribution < -0.4 is 4.72 Å². The van der Waals surface area contributed by atoms with Crippen molar-refractivity contribution >= 4 is 21.7 Å². The van der Waals surface area contributed by atoms with Crippen molar-refractivity contribution in [2.45, 2.75) is 32.1 Å². The average Bonchev–Trinajstić information content (AvgIpc) is 2.90. The molecule has 28 heavy (non-hydrogen) atoms. The smallest absolute Gasteiger partial charge is 0.307 e. The van der Waals surface area contributed by atoms with Crippen LogP contribution in [-0.4, -0.2) is 29.3 Å². The van der Waals surface area contributed by atoms with E-state index in [2.05, 4.69) is 9.82 Å². The summed E-state index contributed by atoms with van der Waals surface area (Å²) in [4.78, 5) is 11.3. The monoisotopic (exact) mass is 399 g/mol. The Bertz CT molecular complexity index is 1130. The molecule has 2 aromatic carbocycles. The van der Waals surface area contributed by atoms with Gasteiger partial charge in [-0.2, -0.15) is 5.10 Å². The second-order valence-electron chi connectivity index (χ2n) is 6.60. The number of rotatable bonds is 6. The highest BCUT2D eigenvalue weighted by molar-refractivity contribution is 7.92. The van der Waals surface area contributed by atoms with Crippen molar-refractivity contribution in [2.24, 2.45) is 0 Å². The molecule has 1 aromatic heterocycles. The van der Waals surface area contributed by atoms with Gasteiger partial charge in [-0.1, -0.05) is 23.8 Å². The third kappa shape index (κ3) is 4.07. The van der Waals surface area contributed by atoms with Crippen molar-refractivity contribution in [1.29, 1.82) is 0 Å². The molecule has 0 aliphatic rings. The zero-order chi connectivity index (χ0) is 20.5. The molecule has 0 unspecified atom stereocenters. The third-order valence-corrected chi connectivity index (χ3v) is 5.84. The summed E-state index contributed by atoms with van der Waals surface area (Å²) in [6.07, 6.45) is -0.114. The topological polar surface area (TPSA) is 101 Å². The molecule has 2 N–H and O–H groups in total. The zero-order valence-electron chi connectivity index (χ0n) is 15.8. The number of carboxylic acids is 1. The SMILES string of the molecule is Cc1ccc(S(=O)(=O)Nc2cccc(-n3nc(C)c(CC(=O)O)c3C)c2)cc1. The zero-order valence-corrected chi connectivity index (χ0v) is 16.6. The minimum Gasteiger partial charge on any atom is -0.481 e. The second kappa shape index (κ2) is 7.47. The van der Waals surface area contributed by atoms with Gasteiger partial charge in [-0.05, 0) is 51.1 Å². The largest absolute Gasteiger partial charge is 0.481 e. The van der Waals surface area contributed by atoms with Gasteiger partial charge >= 0.3 is 5.97 Å². The van der Waals surface area contributed by atoms with Gasteiger partial charge in [0, 0.05) is 11.3 Å². The number of nitrogens with zero attached hydrogens (tertiary/aromatic N) is 2. The highest BCUT2D eigenvalue weighted by Crippen LogP contribution is 2.22. The van der Waals surface area contributed by atoms with Gasteiger partial charge in [0.15, 0.2) is 0 Å². The van der Waals surface area contributed by atoms with Crippen molar-refractivity contribution in [3.05, 3.63) is 71.0 Å². The van der Waals surface area contributed by atoms with Crippen LogP contribution in [0.2, 0.25) is 0 Å². The maximum absolute atomic E-state index is 12.6. The predicted octanol–water partition coefficient (Wildman–Crippen LogP) is 3.23. The van der Waals surface area contributed by atoms with E-state index in [0.717, 1.165) is 5.56 Å². The lowest BCUT2D eigenvalue weighted by Gasteiger charge is -2.11. The van der Waals surface area contributed by atoms with Gasteiger partial charge in [-0.15, -0.1) is 0 Å². The summed E-state index contributed by atoms with van der Waals surface area (Å²) >= 11 is 0. The van der Waals surface area contributed by atoms with E-state index in [1.165, 1.54) is 0 Å². The maximum atomic E-state index is 12.6. The molecule has 0 saturated carbocycles. The normalized spacial score (nSPS) is 11.4. The van der Waals surface area contributed by atoms with Crippen molar-refractivity contribution in [2.75, 3.05) is 4.72 Å². The van der Waals surface area contributed by atoms with Crippen molar-refractivity contribution in [3.8, 4) is 5.69 Å². The lowest BCUT2D eigenvalue weighted by molar-refractivity contribution is -0.136. The minimum atomic E-state index is -3.72. The van der Waals surface area contributed by atoms with Crippen LogP contribution in [0.15, 0.2) is 53.4 Å². The fourth-order valence-electron chi connectivity index (χ4n) is 2.97. The molecule has 146 valence electrons. The van der Waals surface area contributed by atoms with Gasteiger partial charge < -0.3 is 5.11 Å². The quantitative estimate of drug-likeness (QED) is 0.663. The molecule has 7 nitrogen and oxygen atoms in total. The number of hydrogen-bond donors (Lipinski definition) is 2. The summed E-state index contributed by atoms with van der Waals surface area (Å²) in [5.74, 6) is -0.926. The first-order valence-electron chi connectivity index (χ1n) is 8.64. The summed E-state index contributed by atoms with van der Waals surface area (Å²) in [6.45, 7) is 5.44. The van der Waals surface area contributed by atoms with Crippen LogP contribution in [0, 0.1) is 20.8 Å². The number of aryl methyl sites for hydroxylation is 2. The molecule has 0 saturated heterocycles. The van der Waals surface area contributed by atoms with Crippen LogP contribution in [0.5, 0.6) is 0 Å². The molecule has 0 atom stereocenters. The highest BCUT2D eigenvalue weighted by Gasteiger charge is 2.17. The molecule has 3 aromatic rings. The number of nitrogens with one attached hydrogen (secondary N) is 1. The number of sulfonamides is 1. The van der Waals surface area contributed by atoms with Gasteiger partial charge in [0.25, 0.3) is 10.0 Å². The van der Waals surface area contributed by atoms with E-state index in [-0.39, 0.29) is 11.3 Å². The van der Waals surface area contributed by atoms with Crippen molar-refractivity contribution in [3.63, 3.8) is 0 Å². The highest BCUT2D eigenvalue weighted by atomic mass is 32.2. The molecule has 1 heterocycles. The van der Waals surface area contributed by atoms with E-state index in [9.17, 15) is 13.2 Å². The molecule has 0 aliphatic carbocycles. The molecular formula is C20H21N3O4S. The predicted molar refractivity (Wildman–Crippen MR) is 106 cm³/mol. The third-order valence-electron chi connectivity index (χ3n) is 4.44. The summed E-state index contributed by atoms with van der Waals surface area (Å²) in [6, 6.07) is 13.4. The fourth-order valence-corrected chi connectivity index (χ4v) is 4.02. The molecule has 0 bridgehead atoms. The van der Waals surface area contributed by atoms with Gasteiger partial charge in [0.2, 0.25) is 0 Å². The molecule has 0 amide bonds. The first kappa shape index (κ1) is 19.6. The van der Waals surface area contributed by atoms with E-state index < -0.39 is 16.0 Å². The summed E-state index contributed by atoms with van der Waals surface area (Å²) in [7, 11) is -3.72. The van der Waals surface area contributed by atoms with Crippen molar-refractivity contribution in [1.82, 2.24) is 9.78 Å². The molecule has 3 rings (SSSR count). The first-order valence-corrected chi connectivity index (χ1v) is 10.1. The van der Waals surface area contributed by atoms with Gasteiger partial charge in [0.1, 0.15) is 0 Å². The molecule has 0 radical (unpaired) electrons. The van der Waals surface area contributed by atoms with Crippen LogP contribution in [0.25, 0.3) is 5.69 Å². The number of anilines is 1. The van der Waals surface area contributed by atoms with Crippen LogP contribution in [0.1, 0.15) is 22.5 Å². The van der Waals surface area contributed by atoms with E-state index in [4.69, 9.17) is 5.11 Å². The van der Waals surface area contributed by atoms with Crippen molar-refractivity contribution < 1.29 is 18.3 Å². The van der Waals surface area contributed by atoms with Crippen LogP contribution in [0.4, 0.5) is 5.69 Å². The van der Waals surface area contributed by atoms with Crippen LogP contribution >= 0.6 is 0 Å². The van der Waals surface area contributed by atoms with E-state index in [1.807, 2.05) is 6.92 Å². The number of benzene rings is 2. The standard InChI is InChI=1S/C20H21N3O4S/c1-13-7-9-18(10-8-13)28(26,27)22-16-5-4-6-17(11-16)23-15(3)19(12-20(24)25)14(2)21-23/h4-11,22H,12H2,1-3H3,(H,24,25). The molecule has 0 fully saturated rings. The van der Waals surface area contributed by atoms with Gasteiger partial charge in [0.05, 0.1) is 28.4 Å². The maximum Gasteiger partial charge on any atom is 0.307 e. The number of carboxylic acid groups (broad SMARTS) is 1. The molecule has 0 aliphatic heterocycles. The fraction of sp³-hybridized carbons (Fsp3) is 0.200. The lowest BCUT2D eigenvalue weighted by atomic mass is 10.1. The van der Waals surface area contributed by atoms with E-state index in [0.29, 0.717) is 28.3 Å². The minimum absolute atomic E-state index is 0.114. The van der Waals surface area contributed by atoms with E-state index in [1.54, 1.807) is 67.1 Å². The van der Waals surface area contributed by atoms with Crippen LogP contribution in [0.3, 0.4) is 0 Å². The molecular weight excluding hydrogens is 378 g/mol. The lowest BCUT2D eigenvalue weighted by Crippen LogP contribution is -2.13. The number of aromatic nitrogens is 2.